The molecule has 0 radical (unpaired) electrons. The molecular formula is C34H36N8O2. The van der Waals surface area contributed by atoms with Crippen LogP contribution in [0.5, 0.6) is 0 Å². The summed E-state index contributed by atoms with van der Waals surface area (Å²) in [4.78, 5) is 25.6. The number of aryl methyl sites for hydroxylation is 2. The molecule has 2 aromatic heterocycles. The maximum Gasteiger partial charge on any atom is 0.282 e. The molecule has 8 rings (SSSR count). The lowest BCUT2D eigenvalue weighted by molar-refractivity contribution is 0.241. The fourth-order valence-corrected chi connectivity index (χ4v) is 6.88. The normalized spacial score (nSPS) is 23.5. The molecule has 4 N–H and O–H groups in total. The van der Waals surface area contributed by atoms with Gasteiger partial charge in [-0.15, -0.1) is 0 Å². The van der Waals surface area contributed by atoms with Crippen LogP contribution in [-0.4, -0.2) is 56.3 Å². The quantitative estimate of drug-likeness (QED) is 0.354. The topological polar surface area (TPSA) is 147 Å². The van der Waals surface area contributed by atoms with Gasteiger partial charge in [0.05, 0.1) is 0 Å². The molecule has 0 bridgehead atoms. The Bertz CT molecular complexity index is 1580. The van der Waals surface area contributed by atoms with Gasteiger partial charge in [0, 0.05) is 48.8 Å². The van der Waals surface area contributed by atoms with Crippen LogP contribution in [0.15, 0.2) is 83.8 Å². The lowest BCUT2D eigenvalue weighted by Gasteiger charge is -2.22. The third-order valence-corrected chi connectivity index (χ3v) is 9.09. The SMILES string of the molecule is NC1=N[C@@]2(CCCc3ccc(-c4cncnc4)cc3C2)CO1.NC1=N[C@]2(CCCc3ccc(-c4cncnc4)cc3C2)CO1. The molecule has 0 unspecified atom stereocenters. The number of hydrogen-bond acceptors (Lipinski definition) is 10. The van der Waals surface area contributed by atoms with Gasteiger partial charge in [0.15, 0.2) is 0 Å². The summed E-state index contributed by atoms with van der Waals surface area (Å²) in [5, 5.41) is 0. The van der Waals surface area contributed by atoms with E-state index in [1.807, 2.05) is 24.8 Å². The van der Waals surface area contributed by atoms with Crippen LogP contribution >= 0.6 is 0 Å². The average molecular weight is 589 g/mol. The van der Waals surface area contributed by atoms with E-state index in [0.29, 0.717) is 25.3 Å². The zero-order chi connectivity index (χ0) is 30.0. The van der Waals surface area contributed by atoms with Gasteiger partial charge in [-0.2, -0.15) is 0 Å². The van der Waals surface area contributed by atoms with E-state index in [1.165, 1.54) is 22.3 Å². The standard InChI is InChI=1S/2C17H18N4O/c2*18-16-21-17(10-22-16)5-1-2-12-3-4-13(6-14(12)7-17)15-8-19-11-20-9-15/h2*3-4,6,8-9,11H,1-2,5,7,10H2,(H2,18,21)/t2*17-/m10/s1. The van der Waals surface area contributed by atoms with E-state index < -0.39 is 0 Å². The number of nitrogens with zero attached hydrogens (tertiary/aromatic N) is 6. The first-order valence-electron chi connectivity index (χ1n) is 15.2. The summed E-state index contributed by atoms with van der Waals surface area (Å²) in [5.41, 5.74) is 21.0. The summed E-state index contributed by atoms with van der Waals surface area (Å²) < 4.78 is 10.9. The molecule has 2 aromatic carbocycles. The Hall–Kier alpha value is -4.86. The zero-order valence-corrected chi connectivity index (χ0v) is 24.7. The third kappa shape index (κ3) is 5.84. The predicted molar refractivity (Wildman–Crippen MR) is 169 cm³/mol. The van der Waals surface area contributed by atoms with Crippen molar-refractivity contribution in [1.82, 2.24) is 19.9 Å². The van der Waals surface area contributed by atoms with Crippen LogP contribution in [0.2, 0.25) is 0 Å². The van der Waals surface area contributed by atoms with Crippen LogP contribution in [0.4, 0.5) is 0 Å². The summed E-state index contributed by atoms with van der Waals surface area (Å²) in [6, 6.07) is 13.9. The largest absolute Gasteiger partial charge is 0.463 e. The van der Waals surface area contributed by atoms with Crippen LogP contribution in [0.3, 0.4) is 0 Å². The summed E-state index contributed by atoms with van der Waals surface area (Å²) in [6.45, 7) is 1.19. The fraction of sp³-hybridized carbons (Fsp3) is 0.353. The second-order valence-corrected chi connectivity index (χ2v) is 12.2. The Labute approximate surface area is 256 Å². The van der Waals surface area contributed by atoms with Gasteiger partial charge >= 0.3 is 0 Å². The van der Waals surface area contributed by atoms with Gasteiger partial charge in [-0.3, -0.25) is 0 Å². The number of nitrogens with two attached hydrogens (primary N) is 2. The van der Waals surface area contributed by atoms with Crippen molar-refractivity contribution < 1.29 is 9.47 Å². The Morgan fingerprint density at radius 1 is 0.545 bits per heavy atom. The Morgan fingerprint density at radius 3 is 1.36 bits per heavy atom. The zero-order valence-electron chi connectivity index (χ0n) is 24.7. The summed E-state index contributed by atoms with van der Waals surface area (Å²) in [6.07, 6.45) is 18.7. The lowest BCUT2D eigenvalue weighted by atomic mass is 9.89. The molecule has 4 heterocycles. The monoisotopic (exact) mass is 588 g/mol. The lowest BCUT2D eigenvalue weighted by Crippen LogP contribution is -2.30. The van der Waals surface area contributed by atoms with E-state index in [-0.39, 0.29) is 11.1 Å². The molecule has 0 saturated heterocycles. The Balaban J connectivity index is 0.000000142. The van der Waals surface area contributed by atoms with E-state index in [1.54, 1.807) is 12.7 Å². The molecular weight excluding hydrogens is 552 g/mol. The highest BCUT2D eigenvalue weighted by atomic mass is 16.5. The van der Waals surface area contributed by atoms with Gasteiger partial charge in [-0.25, -0.2) is 29.9 Å². The van der Waals surface area contributed by atoms with E-state index in [0.717, 1.165) is 73.6 Å². The van der Waals surface area contributed by atoms with Crippen molar-refractivity contribution >= 4 is 12.0 Å². The highest BCUT2D eigenvalue weighted by Gasteiger charge is 2.39. The Kier molecular flexibility index (Phi) is 7.41. The van der Waals surface area contributed by atoms with Crippen molar-refractivity contribution in [2.75, 3.05) is 13.2 Å². The van der Waals surface area contributed by atoms with Crippen molar-refractivity contribution in [2.24, 2.45) is 21.5 Å². The predicted octanol–water partition coefficient (Wildman–Crippen LogP) is 4.21. The van der Waals surface area contributed by atoms with Gasteiger partial charge in [0.25, 0.3) is 12.0 Å². The molecule has 224 valence electrons. The molecule has 4 aliphatic rings. The van der Waals surface area contributed by atoms with Gasteiger partial charge in [0.2, 0.25) is 0 Å². The number of rotatable bonds is 2. The van der Waals surface area contributed by atoms with E-state index in [9.17, 15) is 0 Å². The second kappa shape index (κ2) is 11.7. The molecule has 2 aliphatic heterocycles. The first kappa shape index (κ1) is 27.9. The first-order valence-corrected chi connectivity index (χ1v) is 15.2. The van der Waals surface area contributed by atoms with Crippen molar-refractivity contribution in [2.45, 2.75) is 62.4 Å². The number of aromatic nitrogens is 4. The first-order chi connectivity index (χ1) is 21.5. The smallest absolute Gasteiger partial charge is 0.282 e. The number of fused-ring (bicyclic) bond motifs is 2. The molecule has 0 fully saturated rings. The van der Waals surface area contributed by atoms with Crippen LogP contribution in [-0.2, 0) is 35.2 Å². The van der Waals surface area contributed by atoms with E-state index >= 15 is 0 Å². The maximum atomic E-state index is 5.74. The van der Waals surface area contributed by atoms with E-state index in [2.05, 4.69) is 66.3 Å². The minimum atomic E-state index is -0.179. The van der Waals surface area contributed by atoms with Gasteiger partial charge in [0.1, 0.15) is 36.9 Å². The molecule has 2 spiro atoms. The minimum absolute atomic E-state index is 0.179. The second-order valence-electron chi connectivity index (χ2n) is 12.2. The van der Waals surface area contributed by atoms with Gasteiger partial charge in [-0.1, -0.05) is 36.4 Å². The van der Waals surface area contributed by atoms with Crippen LogP contribution in [0.1, 0.15) is 47.9 Å². The van der Waals surface area contributed by atoms with Gasteiger partial charge < -0.3 is 20.9 Å². The average Bonchev–Trinajstić information content (AvgIpc) is 3.46. The molecule has 0 saturated carbocycles. The highest BCUT2D eigenvalue weighted by Crippen LogP contribution is 2.36. The molecule has 10 nitrogen and oxygen atoms in total. The number of aliphatic imine (C=N–C) groups is 2. The Morgan fingerprint density at radius 2 is 0.977 bits per heavy atom. The third-order valence-electron chi connectivity index (χ3n) is 9.09. The number of benzene rings is 2. The molecule has 2 atom stereocenters. The number of amidine groups is 2. The molecule has 44 heavy (non-hydrogen) atoms. The van der Waals surface area contributed by atoms with Crippen molar-refractivity contribution in [3.8, 4) is 22.3 Å². The molecule has 0 amide bonds. The van der Waals surface area contributed by atoms with E-state index in [4.69, 9.17) is 20.9 Å². The highest BCUT2D eigenvalue weighted by molar-refractivity contribution is 5.74. The van der Waals surface area contributed by atoms with Crippen molar-refractivity contribution in [3.63, 3.8) is 0 Å². The molecule has 10 heteroatoms. The summed E-state index contributed by atoms with van der Waals surface area (Å²) >= 11 is 0. The number of hydrogen-bond donors (Lipinski definition) is 2. The fourth-order valence-electron chi connectivity index (χ4n) is 6.88. The minimum Gasteiger partial charge on any atom is -0.463 e. The van der Waals surface area contributed by atoms with Crippen molar-refractivity contribution in [1.29, 1.82) is 0 Å². The maximum absolute atomic E-state index is 5.74. The summed E-state index contributed by atoms with van der Waals surface area (Å²) in [7, 11) is 0. The van der Waals surface area contributed by atoms with Crippen molar-refractivity contribution in [3.05, 3.63) is 96.1 Å². The summed E-state index contributed by atoms with van der Waals surface area (Å²) in [5.74, 6) is 0. The molecule has 4 aromatic rings. The van der Waals surface area contributed by atoms with Crippen LogP contribution < -0.4 is 11.5 Å². The molecule has 2 aliphatic carbocycles. The van der Waals surface area contributed by atoms with Gasteiger partial charge in [-0.05, 0) is 71.9 Å². The van der Waals surface area contributed by atoms with Crippen LogP contribution in [0.25, 0.3) is 22.3 Å². The number of ether oxygens (including phenoxy) is 2. The van der Waals surface area contributed by atoms with Crippen LogP contribution in [0, 0.1) is 0 Å².